The third-order valence-corrected chi connectivity index (χ3v) is 19.5. The van der Waals surface area contributed by atoms with Crippen LogP contribution in [0.3, 0.4) is 0 Å². The minimum Gasteiger partial charge on any atom is -0.518 e. The van der Waals surface area contributed by atoms with Crippen molar-refractivity contribution in [3.63, 3.8) is 0 Å². The van der Waals surface area contributed by atoms with E-state index in [1.165, 1.54) is 24.3 Å². The summed E-state index contributed by atoms with van der Waals surface area (Å²) >= 11 is 16.5. The van der Waals surface area contributed by atoms with E-state index in [1.807, 2.05) is 75.7 Å². The van der Waals surface area contributed by atoms with Gasteiger partial charge in [-0.1, -0.05) is 128 Å². The maximum atomic E-state index is 14.2. The van der Waals surface area contributed by atoms with E-state index in [0.717, 1.165) is 166 Å². The van der Waals surface area contributed by atoms with Crippen LogP contribution in [0.2, 0.25) is 10.0 Å². The Morgan fingerprint density at radius 2 is 0.888 bits per heavy atom. The molecule has 3 saturated heterocycles. The molecule has 3 aromatic heterocycles. The molecule has 0 amide bonds. The molecule has 0 aliphatic carbocycles. The highest BCUT2D eigenvalue weighted by atomic mass is 79.9. The second kappa shape index (κ2) is 39.0. The van der Waals surface area contributed by atoms with Gasteiger partial charge in [-0.3, -0.25) is 15.0 Å². The standard InChI is InChI=1S/C28H24F2N4O.C22H21ClN4O.C15H17BrClN3.C7H4BNO.C6H5BF2O2.3CH4/c1-31-21-8-10-34(11-9-21)27-23-14-17(22-4-3-5-26(32-2)28(22)35)6-7-25(23)33-16-24(27)18-12-19(29)15-20(30)13-18;1-24-15-8-10-27(11-9-15)21-17-12-14(6-7-19(17)26-13-18(21)23)16-4-3-5-20(25-2)22(16)28;1-18-11-4-6-20(7-5-11)15-12-8-10(16)2-3-14(12)19-9-13(15)17;8-6-3-1-2-5(4-9)7(6)10;8-5-1-4(7(10)11)2-6(9)3-5;;;/h3-7,12-16,21,31,35H,8-11H2,1H3;3-7,12-13,15,24,28H,8-11H2,1H3;2-3,8-9,11,18H,4-7H2,1H3;1-3,10H;1-3,10-11H;3*1H4. The van der Waals surface area contributed by atoms with Crippen molar-refractivity contribution in [3.8, 4) is 56.7 Å². The Bertz CT molecular complexity index is 5010. The third-order valence-electron chi connectivity index (χ3n) is 18.5. The summed E-state index contributed by atoms with van der Waals surface area (Å²) in [6, 6.07) is 41.9. The normalized spacial score (nSPS) is 13.6. The zero-order chi connectivity index (χ0) is 74.3. The molecule has 0 spiro atoms. The van der Waals surface area contributed by atoms with Crippen molar-refractivity contribution in [2.24, 2.45) is 0 Å². The molecule has 3 aliphatic rings. The Morgan fingerprint density at radius 1 is 0.505 bits per heavy atom. The summed E-state index contributed by atoms with van der Waals surface area (Å²) in [5.41, 5.74) is 10.1. The van der Waals surface area contributed by atoms with Crippen LogP contribution in [0.5, 0.6) is 17.2 Å². The number of phenols is 3. The van der Waals surface area contributed by atoms with E-state index in [9.17, 15) is 27.8 Å². The summed E-state index contributed by atoms with van der Waals surface area (Å²) < 4.78 is 54.0. The van der Waals surface area contributed by atoms with Gasteiger partial charge in [-0.15, -0.1) is 0 Å². The Morgan fingerprint density at radius 3 is 1.29 bits per heavy atom. The number of hydrogen-bond donors (Lipinski definition) is 8. The lowest BCUT2D eigenvalue weighted by molar-refractivity contribution is 0.425. The number of fused-ring (bicyclic) bond motifs is 3. The minimum atomic E-state index is -1.83. The van der Waals surface area contributed by atoms with Gasteiger partial charge in [0.05, 0.1) is 62.4 Å². The molecular weight excluding hydrogens is 1470 g/mol. The van der Waals surface area contributed by atoms with Crippen LogP contribution < -0.4 is 41.6 Å². The first-order valence-electron chi connectivity index (χ1n) is 33.3. The molecule has 11 aromatic rings. The number of aromatic hydroxyl groups is 3. The number of hydrogen-bond acceptors (Lipinski definition) is 15. The van der Waals surface area contributed by atoms with Gasteiger partial charge in [-0.05, 0) is 155 Å². The van der Waals surface area contributed by atoms with E-state index in [2.05, 4.69) is 77.3 Å². The van der Waals surface area contributed by atoms with E-state index in [0.29, 0.717) is 51.5 Å². The summed E-state index contributed by atoms with van der Waals surface area (Å²) in [5.74, 6) is -3.15. The molecule has 0 unspecified atom stereocenters. The van der Waals surface area contributed by atoms with Crippen LogP contribution in [0, 0.1) is 47.7 Å². The molecule has 6 heterocycles. The van der Waals surface area contributed by atoms with E-state index < -0.39 is 30.4 Å². The largest absolute Gasteiger partial charge is 0.518 e. The molecule has 0 bridgehead atoms. The zero-order valence-corrected chi connectivity index (χ0v) is 60.0. The number of halogens is 7. The summed E-state index contributed by atoms with van der Waals surface area (Å²) in [7, 11) is 9.46. The predicted molar refractivity (Wildman–Crippen MR) is 432 cm³/mol. The lowest BCUT2D eigenvalue weighted by atomic mass is 9.80. The molecular formula is C81H83B2BrCl2F4N12O5. The average Bonchev–Trinajstić information content (AvgIpc) is 0.767. The van der Waals surface area contributed by atoms with Crippen molar-refractivity contribution in [1.29, 1.82) is 5.26 Å². The highest BCUT2D eigenvalue weighted by Gasteiger charge is 2.27. The van der Waals surface area contributed by atoms with Crippen molar-refractivity contribution in [2.75, 3.05) is 75.1 Å². The number of piperidine rings is 3. The van der Waals surface area contributed by atoms with E-state index >= 15 is 0 Å². The molecule has 26 heteroatoms. The molecule has 8 N–H and O–H groups in total. The molecule has 3 fully saturated rings. The van der Waals surface area contributed by atoms with E-state index in [-0.39, 0.29) is 67.4 Å². The fraction of sp³-hybridized carbons (Fsp3) is 0.259. The molecule has 3 aliphatic heterocycles. The lowest BCUT2D eigenvalue weighted by Gasteiger charge is -2.35. The number of nitriles is 1. The topological polar surface area (TPSA) is 218 Å². The molecule has 107 heavy (non-hydrogen) atoms. The highest BCUT2D eigenvalue weighted by molar-refractivity contribution is 9.10. The Kier molecular flexibility index (Phi) is 30.7. The fourth-order valence-corrected chi connectivity index (χ4v) is 13.9. The van der Waals surface area contributed by atoms with Gasteiger partial charge in [-0.25, -0.2) is 27.3 Å². The Hall–Kier alpha value is -10.0. The second-order valence-corrected chi connectivity index (χ2v) is 26.6. The van der Waals surface area contributed by atoms with Crippen LogP contribution in [0.4, 0.5) is 46.0 Å². The van der Waals surface area contributed by atoms with Crippen LogP contribution in [0.1, 0.15) is 66.4 Å². The molecule has 0 atom stereocenters. The molecule has 2 radical (unpaired) electrons. The third kappa shape index (κ3) is 20.4. The van der Waals surface area contributed by atoms with E-state index in [1.54, 1.807) is 61.1 Å². The van der Waals surface area contributed by atoms with Gasteiger partial charge in [0.15, 0.2) is 0 Å². The van der Waals surface area contributed by atoms with Crippen molar-refractivity contribution in [2.45, 2.75) is 78.9 Å². The quantitative estimate of drug-likeness (QED) is 0.0363. The summed E-state index contributed by atoms with van der Waals surface area (Å²) in [5, 5.41) is 69.8. The maximum absolute atomic E-state index is 14.2. The highest BCUT2D eigenvalue weighted by Crippen LogP contribution is 2.45. The second-order valence-electron chi connectivity index (χ2n) is 24.9. The van der Waals surface area contributed by atoms with Gasteiger partial charge < -0.3 is 56.0 Å². The SMILES string of the molecule is C.C.C.CNC1CCN(c2c(Cl)cnc3ccc(Br)cc23)CC1.OB(O)c1cc(F)cc(F)c1.[B]c1cccc(C#N)c1O.[C-]#[N+]c1cccc(-c2ccc3ncc(-c4cc(F)cc(F)c4)c(N4CCC(NC)CC4)c3c2)c1O.[C-]#[N+]c1cccc(-c2ccc3ncc(Cl)c(N4CCC(NC)CC4)c3c2)c1O. The van der Waals surface area contributed by atoms with Crippen LogP contribution in [-0.2, 0) is 0 Å². The van der Waals surface area contributed by atoms with Crippen molar-refractivity contribution >= 4 is 126 Å². The summed E-state index contributed by atoms with van der Waals surface area (Å²) in [6.07, 6.45) is 11.4. The van der Waals surface area contributed by atoms with Gasteiger partial charge in [0.25, 0.3) is 0 Å². The van der Waals surface area contributed by atoms with Gasteiger partial charge in [0.2, 0.25) is 11.4 Å². The van der Waals surface area contributed by atoms with E-state index in [4.69, 9.17) is 64.6 Å². The zero-order valence-electron chi connectivity index (χ0n) is 56.9. The molecule has 17 nitrogen and oxygen atoms in total. The number of pyridine rings is 3. The number of para-hydroxylation sites is 3. The van der Waals surface area contributed by atoms with Gasteiger partial charge in [0.1, 0.15) is 54.4 Å². The molecule has 14 rings (SSSR count). The Balaban J connectivity index is 0.000000198. The first-order chi connectivity index (χ1) is 50.1. The predicted octanol–water partition coefficient (Wildman–Crippen LogP) is 16.7. The smallest absolute Gasteiger partial charge is 0.488 e. The number of nitrogens with one attached hydrogen (secondary N) is 3. The Labute approximate surface area is 642 Å². The van der Waals surface area contributed by atoms with Crippen molar-refractivity contribution < 1.29 is 42.9 Å². The van der Waals surface area contributed by atoms with Gasteiger partial charge >= 0.3 is 7.12 Å². The first-order valence-corrected chi connectivity index (χ1v) is 34.9. The monoisotopic (exact) mass is 1550 g/mol. The number of aromatic nitrogens is 3. The lowest BCUT2D eigenvalue weighted by Crippen LogP contribution is -2.41. The number of anilines is 3. The average molecular weight is 1550 g/mol. The number of nitrogens with zero attached hydrogens (tertiary/aromatic N) is 9. The van der Waals surface area contributed by atoms with Crippen LogP contribution in [0.15, 0.2) is 169 Å². The van der Waals surface area contributed by atoms with Crippen LogP contribution in [-0.4, -0.2) is 134 Å². The van der Waals surface area contributed by atoms with Crippen molar-refractivity contribution in [3.05, 3.63) is 230 Å². The number of benzene rings is 8. The minimum absolute atomic E-state index is 0. The molecule has 552 valence electrons. The molecule has 0 saturated carbocycles. The summed E-state index contributed by atoms with van der Waals surface area (Å²) in [4.78, 5) is 27.2. The van der Waals surface area contributed by atoms with Gasteiger partial charge in [0, 0.05) is 125 Å². The summed E-state index contributed by atoms with van der Waals surface area (Å²) in [6.45, 7) is 20.0. The first kappa shape index (κ1) is 84.2. The molecule has 8 aromatic carbocycles. The number of rotatable bonds is 10. The maximum Gasteiger partial charge on any atom is 0.488 e. The van der Waals surface area contributed by atoms with Crippen molar-refractivity contribution in [1.82, 2.24) is 30.9 Å². The van der Waals surface area contributed by atoms with Crippen LogP contribution >= 0.6 is 39.1 Å². The van der Waals surface area contributed by atoms with Gasteiger partial charge in [-0.2, -0.15) is 5.26 Å². The van der Waals surface area contributed by atoms with Crippen LogP contribution in [0.25, 0.3) is 75.8 Å². The number of phenolic OH excluding ortho intramolecular Hbond substituents is 3. The fourth-order valence-electron chi connectivity index (χ4n) is 13.0.